The maximum Gasteiger partial charge on any atom is 0.0399 e. The Labute approximate surface area is 249 Å². The van der Waals surface area contributed by atoms with E-state index in [1.54, 1.807) is 0 Å². The van der Waals surface area contributed by atoms with Gasteiger partial charge in [0.15, 0.2) is 0 Å². The molecule has 1 heterocycles. The number of hydrogen-bond donors (Lipinski definition) is 0. The van der Waals surface area contributed by atoms with Crippen LogP contribution >= 0.6 is 11.3 Å². The van der Waals surface area contributed by atoms with Crippen molar-refractivity contribution in [1.29, 1.82) is 0 Å². The summed E-state index contributed by atoms with van der Waals surface area (Å²) in [6, 6.07) is 49.6. The van der Waals surface area contributed by atoms with Gasteiger partial charge in [-0.15, -0.1) is 11.3 Å². The molecule has 1 aliphatic carbocycles. The number of thiophene rings is 1. The van der Waals surface area contributed by atoms with Crippen LogP contribution in [-0.4, -0.2) is 0 Å². The Morgan fingerprint density at radius 3 is 1.76 bits per heavy atom. The summed E-state index contributed by atoms with van der Waals surface area (Å²) in [7, 11) is 0. The normalized spacial score (nSPS) is 13.7. The predicted molar refractivity (Wildman–Crippen MR) is 183 cm³/mol. The maximum atomic E-state index is 2.49. The average molecular weight is 553 g/mol. The molecule has 1 aromatic heterocycles. The van der Waals surface area contributed by atoms with E-state index in [1.807, 2.05) is 11.3 Å². The molecular formula is C41H28S. The second kappa shape index (κ2) is 8.64. The highest BCUT2D eigenvalue weighted by molar-refractivity contribution is 7.22. The quantitative estimate of drug-likeness (QED) is 0.187. The number of rotatable bonds is 2. The molecule has 8 aromatic rings. The van der Waals surface area contributed by atoms with Crippen LogP contribution in [0.15, 0.2) is 133 Å². The first-order valence-electron chi connectivity index (χ1n) is 14.7. The Morgan fingerprint density at radius 1 is 0.476 bits per heavy atom. The van der Waals surface area contributed by atoms with Crippen molar-refractivity contribution >= 4 is 53.7 Å². The Bertz CT molecular complexity index is 2320. The van der Waals surface area contributed by atoms with E-state index in [0.717, 1.165) is 0 Å². The van der Waals surface area contributed by atoms with E-state index < -0.39 is 0 Å². The summed E-state index contributed by atoms with van der Waals surface area (Å²) in [5, 5.41) is 9.16. The minimum absolute atomic E-state index is 0.0607. The largest absolute Gasteiger partial charge is 0.135 e. The zero-order valence-electron chi connectivity index (χ0n) is 23.6. The molecule has 0 saturated carbocycles. The van der Waals surface area contributed by atoms with Crippen LogP contribution in [0, 0.1) is 0 Å². The maximum absolute atomic E-state index is 2.49. The molecule has 1 heteroatoms. The lowest BCUT2D eigenvalue weighted by Crippen LogP contribution is -2.15. The highest BCUT2D eigenvalue weighted by Gasteiger charge is 2.39. The van der Waals surface area contributed by atoms with Gasteiger partial charge in [0.05, 0.1) is 0 Å². The zero-order valence-corrected chi connectivity index (χ0v) is 24.4. The van der Waals surface area contributed by atoms with E-state index in [-0.39, 0.29) is 5.41 Å². The third-order valence-electron chi connectivity index (χ3n) is 9.44. The first-order chi connectivity index (χ1) is 20.6. The lowest BCUT2D eigenvalue weighted by Gasteiger charge is -2.23. The van der Waals surface area contributed by atoms with Crippen LogP contribution in [0.5, 0.6) is 0 Å². The summed E-state index contributed by atoms with van der Waals surface area (Å²) in [6.07, 6.45) is 0. The van der Waals surface area contributed by atoms with Gasteiger partial charge < -0.3 is 0 Å². The van der Waals surface area contributed by atoms with Crippen molar-refractivity contribution in [3.63, 3.8) is 0 Å². The summed E-state index contributed by atoms with van der Waals surface area (Å²) in [4.78, 5) is 1.43. The fourth-order valence-electron chi connectivity index (χ4n) is 7.58. The molecule has 0 spiro atoms. The molecule has 7 aromatic carbocycles. The van der Waals surface area contributed by atoms with Crippen molar-refractivity contribution in [2.75, 3.05) is 0 Å². The Balaban J connectivity index is 1.35. The van der Waals surface area contributed by atoms with Crippen LogP contribution in [0.3, 0.4) is 0 Å². The topological polar surface area (TPSA) is 0 Å². The highest BCUT2D eigenvalue weighted by Crippen LogP contribution is 2.56. The van der Waals surface area contributed by atoms with Crippen LogP contribution in [0.4, 0.5) is 0 Å². The van der Waals surface area contributed by atoms with Gasteiger partial charge in [0.2, 0.25) is 0 Å². The van der Waals surface area contributed by atoms with Gasteiger partial charge >= 0.3 is 0 Å². The van der Waals surface area contributed by atoms with E-state index in [4.69, 9.17) is 0 Å². The molecule has 0 saturated heterocycles. The van der Waals surface area contributed by atoms with Crippen molar-refractivity contribution in [1.82, 2.24) is 0 Å². The van der Waals surface area contributed by atoms with Gasteiger partial charge in [-0.3, -0.25) is 0 Å². The average Bonchev–Trinajstić information content (AvgIpc) is 3.53. The smallest absolute Gasteiger partial charge is 0.0399 e. The fourth-order valence-corrected chi connectivity index (χ4v) is 8.98. The molecule has 42 heavy (non-hydrogen) atoms. The van der Waals surface area contributed by atoms with E-state index in [0.29, 0.717) is 0 Å². The van der Waals surface area contributed by atoms with E-state index >= 15 is 0 Å². The van der Waals surface area contributed by atoms with Crippen molar-refractivity contribution in [3.8, 4) is 32.7 Å². The molecular weight excluding hydrogens is 525 g/mol. The van der Waals surface area contributed by atoms with Gasteiger partial charge in [-0.2, -0.15) is 0 Å². The van der Waals surface area contributed by atoms with Crippen molar-refractivity contribution in [3.05, 3.63) is 145 Å². The molecule has 9 rings (SSSR count). The SMILES string of the molecule is CC1(C)c2cc(-c3c4ccccc4c(-c4cccc5ccccc45)c4ccccc34)ccc2-c2sc3ccccc3c21. The van der Waals surface area contributed by atoms with Crippen LogP contribution in [-0.2, 0) is 5.41 Å². The monoisotopic (exact) mass is 552 g/mol. The van der Waals surface area contributed by atoms with Gasteiger partial charge in [-0.25, -0.2) is 0 Å². The van der Waals surface area contributed by atoms with E-state index in [1.165, 1.54) is 86.2 Å². The van der Waals surface area contributed by atoms with Gasteiger partial charge in [0.25, 0.3) is 0 Å². The molecule has 0 atom stereocenters. The highest BCUT2D eigenvalue weighted by atomic mass is 32.1. The fraction of sp³-hybridized carbons (Fsp3) is 0.0732. The third kappa shape index (κ3) is 3.17. The molecule has 0 nitrogen and oxygen atoms in total. The van der Waals surface area contributed by atoms with Crippen LogP contribution in [0.1, 0.15) is 25.0 Å². The minimum atomic E-state index is -0.0607. The summed E-state index contributed by atoms with van der Waals surface area (Å²) in [5.74, 6) is 0. The zero-order chi connectivity index (χ0) is 28.0. The van der Waals surface area contributed by atoms with Gasteiger partial charge in [0, 0.05) is 15.0 Å². The number of fused-ring (bicyclic) bond motifs is 8. The molecule has 198 valence electrons. The Kier molecular flexibility index (Phi) is 4.93. The molecule has 0 bridgehead atoms. The Hall–Kier alpha value is -4.72. The summed E-state index contributed by atoms with van der Waals surface area (Å²) < 4.78 is 1.38. The first kappa shape index (κ1) is 23.9. The second-order valence-electron chi connectivity index (χ2n) is 12.1. The number of benzene rings is 7. The van der Waals surface area contributed by atoms with Gasteiger partial charge in [-0.1, -0.05) is 135 Å². The Morgan fingerprint density at radius 2 is 1.05 bits per heavy atom. The molecule has 0 fully saturated rings. The lowest BCUT2D eigenvalue weighted by molar-refractivity contribution is 0.667. The summed E-state index contributed by atoms with van der Waals surface area (Å²) in [6.45, 7) is 4.81. The van der Waals surface area contributed by atoms with Gasteiger partial charge in [-0.05, 0) is 88.8 Å². The standard InChI is InChI=1S/C41H28S/c1-41(2)35-24-26(22-23-33(35)40-39(41)34-19-9-10-21-36(34)42-40)37-29-15-5-7-17-31(29)38(32-18-8-6-16-30(32)37)28-20-11-13-25-12-3-4-14-27(25)28/h3-24H,1-2H3. The molecule has 1 aliphatic rings. The predicted octanol–water partition coefficient (Wildman–Crippen LogP) is 12.0. The molecule has 0 radical (unpaired) electrons. The minimum Gasteiger partial charge on any atom is -0.135 e. The van der Waals surface area contributed by atoms with Gasteiger partial charge in [0.1, 0.15) is 0 Å². The summed E-state index contributed by atoms with van der Waals surface area (Å²) >= 11 is 1.94. The number of hydrogen-bond acceptors (Lipinski definition) is 1. The third-order valence-corrected chi connectivity index (χ3v) is 10.6. The molecule has 0 aliphatic heterocycles. The summed E-state index contributed by atoms with van der Waals surface area (Å²) in [5.41, 5.74) is 9.46. The van der Waals surface area contributed by atoms with Crippen LogP contribution in [0.25, 0.3) is 75.1 Å². The lowest BCUT2D eigenvalue weighted by atomic mass is 9.79. The van der Waals surface area contributed by atoms with Crippen LogP contribution < -0.4 is 0 Å². The first-order valence-corrected chi connectivity index (χ1v) is 15.5. The molecule has 0 unspecified atom stereocenters. The van der Waals surface area contributed by atoms with Crippen molar-refractivity contribution in [2.45, 2.75) is 19.3 Å². The van der Waals surface area contributed by atoms with E-state index in [2.05, 4.69) is 147 Å². The van der Waals surface area contributed by atoms with Crippen molar-refractivity contribution in [2.24, 2.45) is 0 Å². The second-order valence-corrected chi connectivity index (χ2v) is 13.1. The van der Waals surface area contributed by atoms with Crippen molar-refractivity contribution < 1.29 is 0 Å². The molecule has 0 N–H and O–H groups in total. The van der Waals surface area contributed by atoms with E-state index in [9.17, 15) is 0 Å². The van der Waals surface area contributed by atoms with Crippen LogP contribution in [0.2, 0.25) is 0 Å². The molecule has 0 amide bonds.